The van der Waals surface area contributed by atoms with Crippen molar-refractivity contribution in [2.45, 2.75) is 0 Å². The maximum absolute atomic E-state index is 2.32. The van der Waals surface area contributed by atoms with Crippen molar-refractivity contribution in [3.63, 3.8) is 0 Å². The molecular weight excluding hydrogens is 245 g/mol. The summed E-state index contributed by atoms with van der Waals surface area (Å²) in [6, 6.07) is 21.0. The van der Waals surface area contributed by atoms with Gasteiger partial charge in [-0.25, -0.2) is 0 Å². The molecule has 0 aliphatic heterocycles. The topological polar surface area (TPSA) is 3.24 Å². The first-order valence-electron chi connectivity index (χ1n) is 4.99. The van der Waals surface area contributed by atoms with E-state index in [9.17, 15) is 0 Å². The zero-order valence-electron chi connectivity index (χ0n) is 8.51. The molecule has 76 valence electrons. The Morgan fingerprint density at radius 2 is 1.13 bits per heavy atom. The van der Waals surface area contributed by atoms with Crippen LogP contribution < -0.4 is 4.90 Å². The molecule has 0 N–H and O–H groups in total. The van der Waals surface area contributed by atoms with E-state index in [4.69, 9.17) is 0 Å². The van der Waals surface area contributed by atoms with Gasteiger partial charge in [-0.2, -0.15) is 0 Å². The van der Waals surface area contributed by atoms with E-state index in [0.717, 1.165) is 5.33 Å². The number of para-hydroxylation sites is 2. The normalized spacial score (nSPS) is 9.93. The van der Waals surface area contributed by atoms with Gasteiger partial charge in [-0.05, 0) is 0 Å². The summed E-state index contributed by atoms with van der Waals surface area (Å²) >= 11 is 1.72. The summed E-state index contributed by atoms with van der Waals surface area (Å²) in [6.07, 6.45) is 0. The Morgan fingerprint density at radius 1 is 0.733 bits per heavy atom. The van der Waals surface area contributed by atoms with E-state index in [2.05, 4.69) is 53.4 Å². The average Bonchev–Trinajstić information content (AvgIpc) is 2.33. The van der Waals surface area contributed by atoms with Crippen LogP contribution in [-0.4, -0.2) is 22.2 Å². The molecule has 0 heterocycles. The van der Waals surface area contributed by atoms with E-state index in [1.807, 2.05) is 12.1 Å². The summed E-state index contributed by atoms with van der Waals surface area (Å²) < 4.78 is 0. The molecule has 0 amide bonds. The Morgan fingerprint density at radius 3 is 1.47 bits per heavy atom. The van der Waals surface area contributed by atoms with Crippen molar-refractivity contribution < 1.29 is 0 Å². The molecule has 1 unspecified atom stereocenters. The van der Waals surface area contributed by atoms with Crippen LogP contribution in [0.1, 0.15) is 0 Å². The maximum atomic E-state index is 2.32. The van der Waals surface area contributed by atoms with Crippen LogP contribution in [0.25, 0.3) is 0 Å². The first-order chi connectivity index (χ1) is 7.42. The van der Waals surface area contributed by atoms with E-state index in [-0.39, 0.29) is 0 Å². The fourth-order valence-corrected chi connectivity index (χ4v) is 2.46. The van der Waals surface area contributed by atoms with Gasteiger partial charge in [0.15, 0.2) is 0 Å². The molecular formula is C13H14AsN. The summed E-state index contributed by atoms with van der Waals surface area (Å²) in [6.45, 7) is 0. The summed E-state index contributed by atoms with van der Waals surface area (Å²) in [5.41, 5.74) is 2.51. The second-order valence-corrected chi connectivity index (χ2v) is 4.05. The van der Waals surface area contributed by atoms with Crippen LogP contribution in [0.3, 0.4) is 0 Å². The van der Waals surface area contributed by atoms with Crippen molar-refractivity contribution >= 4 is 28.2 Å². The number of hydrogen-bond donors (Lipinski definition) is 0. The monoisotopic (exact) mass is 259 g/mol. The van der Waals surface area contributed by atoms with Crippen LogP contribution >= 0.6 is 0 Å². The fraction of sp³-hybridized carbons (Fsp3) is 0.0769. The van der Waals surface area contributed by atoms with Gasteiger partial charge in [-0.15, -0.1) is 0 Å². The van der Waals surface area contributed by atoms with Crippen molar-refractivity contribution in [3.8, 4) is 0 Å². The van der Waals surface area contributed by atoms with Gasteiger partial charge in [0, 0.05) is 0 Å². The Hall–Kier alpha value is -1.20. The van der Waals surface area contributed by atoms with Crippen molar-refractivity contribution in [2.75, 3.05) is 10.2 Å². The first kappa shape index (κ1) is 10.3. The number of hydrogen-bond acceptors (Lipinski definition) is 1. The molecule has 0 saturated heterocycles. The Bertz CT molecular complexity index is 360. The van der Waals surface area contributed by atoms with Gasteiger partial charge in [0.1, 0.15) is 0 Å². The van der Waals surface area contributed by atoms with Gasteiger partial charge in [0.05, 0.1) is 0 Å². The van der Waals surface area contributed by atoms with Gasteiger partial charge in [-0.3, -0.25) is 0 Å². The van der Waals surface area contributed by atoms with Crippen LogP contribution in [0.5, 0.6) is 0 Å². The summed E-state index contributed by atoms with van der Waals surface area (Å²) in [4.78, 5) is 2.32. The predicted octanol–water partition coefficient (Wildman–Crippen LogP) is 2.42. The van der Waals surface area contributed by atoms with Gasteiger partial charge in [0.2, 0.25) is 0 Å². The molecule has 2 aromatic carbocycles. The van der Waals surface area contributed by atoms with Crippen molar-refractivity contribution in [1.29, 1.82) is 0 Å². The van der Waals surface area contributed by atoms with E-state index < -0.39 is 0 Å². The molecule has 2 rings (SSSR count). The van der Waals surface area contributed by atoms with Crippen LogP contribution in [0.2, 0.25) is 0 Å². The molecule has 0 saturated carbocycles. The zero-order valence-corrected chi connectivity index (χ0v) is 10.9. The van der Waals surface area contributed by atoms with Gasteiger partial charge < -0.3 is 0 Å². The Labute approximate surface area is 99.2 Å². The van der Waals surface area contributed by atoms with E-state index in [1.54, 1.807) is 16.9 Å². The molecule has 0 bridgehead atoms. The summed E-state index contributed by atoms with van der Waals surface area (Å²) in [5.74, 6) is 0. The summed E-state index contributed by atoms with van der Waals surface area (Å²) in [5, 5.41) is 1.04. The third-order valence-corrected chi connectivity index (χ3v) is 3.08. The number of anilines is 2. The molecule has 1 nitrogen and oxygen atoms in total. The van der Waals surface area contributed by atoms with Crippen molar-refractivity contribution in [1.82, 2.24) is 0 Å². The zero-order chi connectivity index (χ0) is 10.5. The van der Waals surface area contributed by atoms with Gasteiger partial charge in [0.25, 0.3) is 0 Å². The second-order valence-electron chi connectivity index (χ2n) is 3.28. The van der Waals surface area contributed by atoms with Gasteiger partial charge >= 0.3 is 99.1 Å². The number of benzene rings is 2. The van der Waals surface area contributed by atoms with E-state index in [1.165, 1.54) is 11.4 Å². The number of rotatable bonds is 3. The van der Waals surface area contributed by atoms with E-state index >= 15 is 0 Å². The molecule has 0 aromatic heterocycles. The summed E-state index contributed by atoms with van der Waals surface area (Å²) in [7, 11) is 0. The van der Waals surface area contributed by atoms with Crippen molar-refractivity contribution in [3.05, 3.63) is 60.7 Å². The minimum absolute atomic E-state index is 1.04. The molecule has 0 spiro atoms. The molecule has 0 radical (unpaired) electrons. The van der Waals surface area contributed by atoms with Crippen LogP contribution in [-0.2, 0) is 0 Å². The third-order valence-electron chi connectivity index (χ3n) is 2.32. The predicted molar refractivity (Wildman–Crippen MR) is 68.4 cm³/mol. The van der Waals surface area contributed by atoms with Crippen LogP contribution in [0.4, 0.5) is 11.4 Å². The van der Waals surface area contributed by atoms with Crippen molar-refractivity contribution in [2.24, 2.45) is 0 Å². The molecule has 0 fully saturated rings. The first-order valence-corrected chi connectivity index (χ1v) is 6.71. The molecule has 2 aromatic rings. The number of nitrogens with zero attached hydrogens (tertiary/aromatic N) is 1. The molecule has 2 heteroatoms. The van der Waals surface area contributed by atoms with Crippen LogP contribution in [0, 0.1) is 0 Å². The quantitative estimate of drug-likeness (QED) is 0.765. The van der Waals surface area contributed by atoms with E-state index in [0.29, 0.717) is 0 Å². The SMILES string of the molecule is [AsH2]CN(c1ccccc1)c1ccccc1. The average molecular weight is 259 g/mol. The Kier molecular flexibility index (Phi) is 3.47. The minimum atomic E-state index is 1.04. The van der Waals surface area contributed by atoms with Crippen LogP contribution in [0.15, 0.2) is 60.7 Å². The fourth-order valence-electron chi connectivity index (χ4n) is 1.58. The standard InChI is InChI=1S/C13H14AsN/c14-11-15(12-7-3-1-4-8-12)13-9-5-2-6-10-13/h1-10H,11,14H2. The Balaban J connectivity index is 2.34. The molecule has 0 aliphatic carbocycles. The molecule has 1 atom stereocenters. The second kappa shape index (κ2) is 5.04. The third kappa shape index (κ3) is 2.43. The molecule has 0 aliphatic rings. The molecule has 15 heavy (non-hydrogen) atoms. The van der Waals surface area contributed by atoms with Gasteiger partial charge in [-0.1, -0.05) is 0 Å².